The minimum atomic E-state index is 0.0549. The van der Waals surface area contributed by atoms with Gasteiger partial charge in [-0.1, -0.05) is 36.4 Å². The first-order chi connectivity index (χ1) is 13.6. The molecule has 0 spiro atoms. The van der Waals surface area contributed by atoms with Crippen LogP contribution in [-0.4, -0.2) is 26.1 Å². The van der Waals surface area contributed by atoms with Crippen LogP contribution in [0.25, 0.3) is 0 Å². The highest BCUT2D eigenvalue weighted by atomic mass is 32.1. The van der Waals surface area contributed by atoms with E-state index in [1.165, 1.54) is 22.5 Å². The molecule has 0 saturated carbocycles. The molecule has 5 heteroatoms. The largest absolute Gasteiger partial charge is 0.352 e. The molecule has 4 nitrogen and oxygen atoms in total. The van der Waals surface area contributed by atoms with Crippen LogP contribution in [0.3, 0.4) is 0 Å². The fourth-order valence-corrected chi connectivity index (χ4v) is 4.59. The van der Waals surface area contributed by atoms with Gasteiger partial charge in [-0.05, 0) is 62.3 Å². The van der Waals surface area contributed by atoms with Crippen molar-refractivity contribution in [1.82, 2.24) is 19.8 Å². The van der Waals surface area contributed by atoms with Gasteiger partial charge in [0.15, 0.2) is 5.11 Å². The van der Waals surface area contributed by atoms with E-state index in [9.17, 15) is 0 Å². The van der Waals surface area contributed by atoms with Gasteiger partial charge in [0.05, 0.1) is 17.8 Å². The van der Waals surface area contributed by atoms with E-state index >= 15 is 0 Å². The number of benzene rings is 1. The molecule has 0 amide bonds. The lowest BCUT2D eigenvalue weighted by Gasteiger charge is -2.27. The molecule has 2 atom stereocenters. The summed E-state index contributed by atoms with van der Waals surface area (Å²) in [6.45, 7) is 8.30. The van der Waals surface area contributed by atoms with Gasteiger partial charge in [-0.25, -0.2) is 0 Å². The number of pyridine rings is 1. The van der Waals surface area contributed by atoms with Gasteiger partial charge in [-0.15, -0.1) is 0 Å². The molecular weight excluding hydrogens is 364 g/mol. The Morgan fingerprint density at radius 2 is 1.82 bits per heavy atom. The molecule has 1 aliphatic heterocycles. The van der Waals surface area contributed by atoms with Gasteiger partial charge >= 0.3 is 0 Å². The smallest absolute Gasteiger partial charge is 0.170 e. The average Bonchev–Trinajstić information content (AvgIpc) is 3.20. The molecule has 2 unspecified atom stereocenters. The van der Waals surface area contributed by atoms with Gasteiger partial charge in [0.25, 0.3) is 0 Å². The summed E-state index contributed by atoms with van der Waals surface area (Å²) in [5, 5.41) is 4.31. The number of aromatic nitrogens is 2. The summed E-state index contributed by atoms with van der Waals surface area (Å²) in [5.74, 6) is 0. The summed E-state index contributed by atoms with van der Waals surface area (Å²) in [4.78, 5) is 6.89. The molecular formula is C23H26N4S. The van der Waals surface area contributed by atoms with Crippen LogP contribution in [0.4, 0.5) is 0 Å². The van der Waals surface area contributed by atoms with E-state index in [4.69, 9.17) is 12.2 Å². The Morgan fingerprint density at radius 3 is 2.50 bits per heavy atom. The monoisotopic (exact) mass is 390 g/mol. The Labute approximate surface area is 172 Å². The molecule has 4 rings (SSSR count). The first-order valence-corrected chi connectivity index (χ1v) is 10.2. The highest BCUT2D eigenvalue weighted by Crippen LogP contribution is 2.40. The van der Waals surface area contributed by atoms with E-state index in [-0.39, 0.29) is 12.1 Å². The van der Waals surface area contributed by atoms with Crippen LogP contribution in [0.5, 0.6) is 0 Å². The van der Waals surface area contributed by atoms with E-state index in [1.807, 2.05) is 18.3 Å². The fraction of sp³-hybridized carbons (Fsp3) is 0.304. The molecule has 3 aromatic rings. The quantitative estimate of drug-likeness (QED) is 0.649. The maximum absolute atomic E-state index is 5.66. The van der Waals surface area contributed by atoms with Crippen molar-refractivity contribution in [3.05, 3.63) is 89.0 Å². The van der Waals surface area contributed by atoms with Crippen molar-refractivity contribution in [3.63, 3.8) is 0 Å². The van der Waals surface area contributed by atoms with Gasteiger partial charge in [0, 0.05) is 30.7 Å². The molecule has 2 aromatic heterocycles. The lowest BCUT2D eigenvalue weighted by atomic mass is 9.97. The van der Waals surface area contributed by atoms with Crippen LogP contribution < -0.4 is 5.32 Å². The van der Waals surface area contributed by atoms with E-state index in [0.29, 0.717) is 0 Å². The number of aryl methyl sites for hydroxylation is 1. The van der Waals surface area contributed by atoms with Crippen molar-refractivity contribution in [3.8, 4) is 0 Å². The SMILES string of the molecule is CCN1C(=S)NC(c2ccccn2)C1c1cc(C)n(Cc2ccccc2)c1C. The summed E-state index contributed by atoms with van der Waals surface area (Å²) >= 11 is 5.66. The van der Waals surface area contributed by atoms with E-state index in [0.717, 1.165) is 23.9 Å². The Morgan fingerprint density at radius 1 is 1.07 bits per heavy atom. The zero-order valence-electron chi connectivity index (χ0n) is 16.6. The molecule has 28 heavy (non-hydrogen) atoms. The standard InChI is InChI=1S/C23H26N4S/c1-4-26-22(21(25-23(26)28)20-12-8-9-13-24-20)19-14-16(2)27(17(19)3)15-18-10-6-5-7-11-18/h5-14,21-22H,4,15H2,1-3H3,(H,25,28). The molecule has 1 aliphatic rings. The van der Waals surface area contributed by atoms with E-state index in [2.05, 4.69) is 83.0 Å². The Kier molecular flexibility index (Phi) is 5.18. The summed E-state index contributed by atoms with van der Waals surface area (Å²) in [5.41, 5.74) is 6.21. The second-order valence-electron chi connectivity index (χ2n) is 7.31. The van der Waals surface area contributed by atoms with Crippen LogP contribution in [0.15, 0.2) is 60.8 Å². The number of likely N-dealkylation sites (N-methyl/N-ethyl adjacent to an activating group) is 1. The molecule has 1 N–H and O–H groups in total. The summed E-state index contributed by atoms with van der Waals surface area (Å²) in [6, 6.07) is 19.2. The number of nitrogens with one attached hydrogen (secondary N) is 1. The van der Waals surface area contributed by atoms with Crippen LogP contribution in [0.2, 0.25) is 0 Å². The van der Waals surface area contributed by atoms with Crippen LogP contribution in [0.1, 0.15) is 47.2 Å². The highest BCUT2D eigenvalue weighted by Gasteiger charge is 2.40. The molecule has 1 aromatic carbocycles. The maximum Gasteiger partial charge on any atom is 0.170 e. The van der Waals surface area contributed by atoms with E-state index in [1.54, 1.807) is 0 Å². The first kappa shape index (κ1) is 18.7. The molecule has 144 valence electrons. The van der Waals surface area contributed by atoms with Crippen molar-refractivity contribution in [2.75, 3.05) is 6.54 Å². The van der Waals surface area contributed by atoms with Crippen molar-refractivity contribution < 1.29 is 0 Å². The molecule has 0 aliphatic carbocycles. The summed E-state index contributed by atoms with van der Waals surface area (Å²) in [6.07, 6.45) is 1.85. The van der Waals surface area contributed by atoms with Crippen LogP contribution >= 0.6 is 12.2 Å². The van der Waals surface area contributed by atoms with Crippen molar-refractivity contribution in [1.29, 1.82) is 0 Å². The third-order valence-corrected chi connectivity index (χ3v) is 6.01. The van der Waals surface area contributed by atoms with Gasteiger partial charge < -0.3 is 14.8 Å². The topological polar surface area (TPSA) is 33.1 Å². The van der Waals surface area contributed by atoms with Crippen molar-refractivity contribution in [2.45, 2.75) is 39.4 Å². The number of hydrogen-bond acceptors (Lipinski definition) is 2. The van der Waals surface area contributed by atoms with Gasteiger partial charge in [0.1, 0.15) is 0 Å². The normalized spacial score (nSPS) is 19.1. The van der Waals surface area contributed by atoms with Crippen LogP contribution in [0, 0.1) is 13.8 Å². The number of nitrogens with zero attached hydrogens (tertiary/aromatic N) is 3. The number of rotatable bonds is 5. The maximum atomic E-state index is 5.66. The zero-order valence-corrected chi connectivity index (χ0v) is 17.4. The van der Waals surface area contributed by atoms with Crippen molar-refractivity contribution >= 4 is 17.3 Å². The minimum absolute atomic E-state index is 0.0549. The van der Waals surface area contributed by atoms with E-state index < -0.39 is 0 Å². The number of thiocarbonyl (C=S) groups is 1. The third-order valence-electron chi connectivity index (χ3n) is 5.65. The Hall–Kier alpha value is -2.66. The lowest BCUT2D eigenvalue weighted by molar-refractivity contribution is 0.329. The molecule has 3 heterocycles. The first-order valence-electron chi connectivity index (χ1n) is 9.78. The van der Waals surface area contributed by atoms with Gasteiger partial charge in [-0.2, -0.15) is 0 Å². The Balaban J connectivity index is 1.75. The molecule has 0 radical (unpaired) electrons. The molecule has 0 bridgehead atoms. The van der Waals surface area contributed by atoms with Crippen molar-refractivity contribution in [2.24, 2.45) is 0 Å². The predicted molar refractivity (Wildman–Crippen MR) is 117 cm³/mol. The second-order valence-corrected chi connectivity index (χ2v) is 7.70. The third kappa shape index (κ3) is 3.31. The fourth-order valence-electron chi connectivity index (χ4n) is 4.22. The zero-order chi connectivity index (χ0) is 19.7. The van der Waals surface area contributed by atoms with Gasteiger partial charge in [0.2, 0.25) is 0 Å². The second kappa shape index (κ2) is 7.76. The number of hydrogen-bond donors (Lipinski definition) is 1. The summed E-state index contributed by atoms with van der Waals surface area (Å²) in [7, 11) is 0. The minimum Gasteiger partial charge on any atom is -0.352 e. The Bertz CT molecular complexity index is 965. The predicted octanol–water partition coefficient (Wildman–Crippen LogP) is 4.54. The molecule has 1 saturated heterocycles. The van der Waals surface area contributed by atoms with Gasteiger partial charge in [-0.3, -0.25) is 4.98 Å². The highest BCUT2D eigenvalue weighted by molar-refractivity contribution is 7.80. The van der Waals surface area contributed by atoms with Crippen LogP contribution in [-0.2, 0) is 6.54 Å². The average molecular weight is 391 g/mol. The molecule has 1 fully saturated rings. The summed E-state index contributed by atoms with van der Waals surface area (Å²) < 4.78 is 2.40. The lowest BCUT2D eigenvalue weighted by Crippen LogP contribution is -2.29.